The van der Waals surface area contributed by atoms with Gasteiger partial charge in [0.2, 0.25) is 5.91 Å². The Balaban J connectivity index is 1.38. The monoisotopic (exact) mass is 400 g/mol. The molecule has 1 aliphatic rings. The van der Waals surface area contributed by atoms with Gasteiger partial charge in [0, 0.05) is 22.9 Å². The number of hydrogen-bond acceptors (Lipinski definition) is 3. The van der Waals surface area contributed by atoms with Gasteiger partial charge in [0.25, 0.3) is 5.91 Å². The molecule has 2 N–H and O–H groups in total. The number of rotatable bonds is 7. The predicted molar refractivity (Wildman–Crippen MR) is 118 cm³/mol. The molecule has 1 aliphatic carbocycles. The second-order valence-electron chi connectivity index (χ2n) is 7.49. The van der Waals surface area contributed by atoms with Crippen LogP contribution in [0.5, 0.6) is 5.75 Å². The summed E-state index contributed by atoms with van der Waals surface area (Å²) >= 11 is 0. The van der Waals surface area contributed by atoms with Gasteiger partial charge < -0.3 is 15.4 Å². The predicted octanol–water partition coefficient (Wildman–Crippen LogP) is 5.17. The Morgan fingerprint density at radius 3 is 2.20 bits per heavy atom. The maximum atomic E-state index is 12.7. The van der Waals surface area contributed by atoms with E-state index in [9.17, 15) is 9.59 Å². The second kappa shape index (κ2) is 8.82. The molecule has 0 radical (unpaired) electrons. The number of ether oxygens (including phenoxy) is 1. The van der Waals surface area contributed by atoms with Crippen molar-refractivity contribution in [2.24, 2.45) is 5.92 Å². The van der Waals surface area contributed by atoms with E-state index in [0.29, 0.717) is 23.6 Å². The van der Waals surface area contributed by atoms with Crippen molar-refractivity contribution in [1.29, 1.82) is 0 Å². The molecule has 5 heteroatoms. The average Bonchev–Trinajstić information content (AvgIpc) is 3.62. The standard InChI is InChI=1S/C25H24N2O3/c1-17-22(26-24(28)19-10-11-19)8-5-9-23(17)27-25(29)20-12-14-21(15-13-20)30-16-18-6-3-2-4-7-18/h2-9,12-15,19H,10-11,16H2,1H3,(H,26,28)(H,27,29). The fourth-order valence-corrected chi connectivity index (χ4v) is 3.12. The number of anilines is 2. The Kier molecular flexibility index (Phi) is 5.80. The third kappa shape index (κ3) is 4.87. The first-order valence-electron chi connectivity index (χ1n) is 10.1. The average molecular weight is 400 g/mol. The molecule has 30 heavy (non-hydrogen) atoms. The number of benzene rings is 3. The summed E-state index contributed by atoms with van der Waals surface area (Å²) in [5.74, 6) is 0.674. The van der Waals surface area contributed by atoms with Crippen LogP contribution in [0, 0.1) is 12.8 Å². The molecule has 3 aromatic carbocycles. The van der Waals surface area contributed by atoms with E-state index >= 15 is 0 Å². The van der Waals surface area contributed by atoms with E-state index in [0.717, 1.165) is 29.7 Å². The van der Waals surface area contributed by atoms with Crippen molar-refractivity contribution in [3.63, 3.8) is 0 Å². The minimum absolute atomic E-state index is 0.0488. The fourth-order valence-electron chi connectivity index (χ4n) is 3.12. The summed E-state index contributed by atoms with van der Waals surface area (Å²) in [6.07, 6.45) is 1.90. The van der Waals surface area contributed by atoms with Gasteiger partial charge in [0.05, 0.1) is 0 Å². The summed E-state index contributed by atoms with van der Waals surface area (Å²) in [7, 11) is 0. The molecule has 0 aromatic heterocycles. The van der Waals surface area contributed by atoms with Crippen molar-refractivity contribution >= 4 is 23.2 Å². The molecule has 152 valence electrons. The number of hydrogen-bond donors (Lipinski definition) is 2. The largest absolute Gasteiger partial charge is 0.489 e. The van der Waals surface area contributed by atoms with Gasteiger partial charge in [0.15, 0.2) is 0 Å². The molecular formula is C25H24N2O3. The van der Waals surface area contributed by atoms with Gasteiger partial charge in [-0.3, -0.25) is 9.59 Å². The van der Waals surface area contributed by atoms with Gasteiger partial charge in [-0.05, 0) is 67.3 Å². The van der Waals surface area contributed by atoms with Crippen molar-refractivity contribution in [2.75, 3.05) is 10.6 Å². The first-order chi connectivity index (χ1) is 14.6. The van der Waals surface area contributed by atoms with Gasteiger partial charge in [-0.2, -0.15) is 0 Å². The minimum Gasteiger partial charge on any atom is -0.489 e. The molecule has 0 heterocycles. The molecule has 0 saturated heterocycles. The summed E-state index contributed by atoms with van der Waals surface area (Å²) in [5.41, 5.74) is 3.87. The van der Waals surface area contributed by atoms with E-state index in [1.165, 1.54) is 0 Å². The van der Waals surface area contributed by atoms with Crippen LogP contribution in [0.3, 0.4) is 0 Å². The molecule has 1 fully saturated rings. The molecule has 0 bridgehead atoms. The molecule has 4 rings (SSSR count). The third-order valence-corrected chi connectivity index (χ3v) is 5.15. The number of amides is 2. The van der Waals surface area contributed by atoms with Crippen LogP contribution in [0.25, 0.3) is 0 Å². The van der Waals surface area contributed by atoms with Gasteiger partial charge in [-0.1, -0.05) is 36.4 Å². The number of carbonyl (C=O) groups is 2. The maximum Gasteiger partial charge on any atom is 0.255 e. The number of nitrogens with one attached hydrogen (secondary N) is 2. The zero-order valence-electron chi connectivity index (χ0n) is 16.9. The van der Waals surface area contributed by atoms with Gasteiger partial charge in [0.1, 0.15) is 12.4 Å². The molecule has 0 atom stereocenters. The van der Waals surface area contributed by atoms with E-state index in [4.69, 9.17) is 4.74 Å². The van der Waals surface area contributed by atoms with Crippen LogP contribution in [0.2, 0.25) is 0 Å². The normalized spacial score (nSPS) is 12.8. The zero-order valence-corrected chi connectivity index (χ0v) is 16.9. The van der Waals surface area contributed by atoms with Crippen LogP contribution in [0.1, 0.15) is 34.3 Å². The lowest BCUT2D eigenvalue weighted by molar-refractivity contribution is -0.117. The molecule has 1 saturated carbocycles. The van der Waals surface area contributed by atoms with Crippen molar-refractivity contribution in [2.45, 2.75) is 26.4 Å². The molecule has 3 aromatic rings. The first-order valence-corrected chi connectivity index (χ1v) is 10.1. The van der Waals surface area contributed by atoms with E-state index in [-0.39, 0.29) is 17.7 Å². The summed E-state index contributed by atoms with van der Waals surface area (Å²) in [6.45, 7) is 2.36. The van der Waals surface area contributed by atoms with Crippen LogP contribution < -0.4 is 15.4 Å². The van der Waals surface area contributed by atoms with Crippen molar-refractivity contribution < 1.29 is 14.3 Å². The Bertz CT molecular complexity index is 1040. The molecule has 0 unspecified atom stereocenters. The highest BCUT2D eigenvalue weighted by atomic mass is 16.5. The highest BCUT2D eigenvalue weighted by Crippen LogP contribution is 2.31. The minimum atomic E-state index is -0.210. The van der Waals surface area contributed by atoms with Crippen LogP contribution in [-0.2, 0) is 11.4 Å². The first kappa shape index (κ1) is 19.7. The Morgan fingerprint density at radius 1 is 0.867 bits per heavy atom. The molecule has 0 spiro atoms. The third-order valence-electron chi connectivity index (χ3n) is 5.15. The molecular weight excluding hydrogens is 376 g/mol. The summed E-state index contributed by atoms with van der Waals surface area (Å²) in [6, 6.07) is 22.5. The highest BCUT2D eigenvalue weighted by Gasteiger charge is 2.29. The van der Waals surface area contributed by atoms with Crippen molar-refractivity contribution in [3.05, 3.63) is 89.5 Å². The Labute approximate surface area is 176 Å². The summed E-state index contributed by atoms with van der Waals surface area (Å²) in [4.78, 5) is 24.7. The quantitative estimate of drug-likeness (QED) is 0.575. The molecule has 5 nitrogen and oxygen atoms in total. The highest BCUT2D eigenvalue weighted by molar-refractivity contribution is 6.05. The zero-order chi connectivity index (χ0) is 20.9. The molecule has 0 aliphatic heterocycles. The fraction of sp³-hybridized carbons (Fsp3) is 0.200. The van der Waals surface area contributed by atoms with E-state index < -0.39 is 0 Å². The van der Waals surface area contributed by atoms with Crippen LogP contribution in [0.4, 0.5) is 11.4 Å². The van der Waals surface area contributed by atoms with Gasteiger partial charge in [-0.15, -0.1) is 0 Å². The lowest BCUT2D eigenvalue weighted by atomic mass is 10.1. The van der Waals surface area contributed by atoms with Crippen molar-refractivity contribution in [3.8, 4) is 5.75 Å². The van der Waals surface area contributed by atoms with Crippen LogP contribution >= 0.6 is 0 Å². The smallest absolute Gasteiger partial charge is 0.255 e. The van der Waals surface area contributed by atoms with Gasteiger partial charge in [-0.25, -0.2) is 0 Å². The van der Waals surface area contributed by atoms with Crippen LogP contribution in [-0.4, -0.2) is 11.8 Å². The lowest BCUT2D eigenvalue weighted by Crippen LogP contribution is -2.16. The van der Waals surface area contributed by atoms with Crippen molar-refractivity contribution in [1.82, 2.24) is 0 Å². The molecule has 2 amide bonds. The Morgan fingerprint density at radius 2 is 1.53 bits per heavy atom. The van der Waals surface area contributed by atoms with Crippen LogP contribution in [0.15, 0.2) is 72.8 Å². The topological polar surface area (TPSA) is 67.4 Å². The second-order valence-corrected chi connectivity index (χ2v) is 7.49. The maximum absolute atomic E-state index is 12.7. The summed E-state index contributed by atoms with van der Waals surface area (Å²) in [5, 5.41) is 5.89. The summed E-state index contributed by atoms with van der Waals surface area (Å²) < 4.78 is 5.77. The Hall–Kier alpha value is -3.60. The lowest BCUT2D eigenvalue weighted by Gasteiger charge is -2.14. The van der Waals surface area contributed by atoms with E-state index in [2.05, 4.69) is 10.6 Å². The van der Waals surface area contributed by atoms with E-state index in [1.54, 1.807) is 24.3 Å². The van der Waals surface area contributed by atoms with Gasteiger partial charge >= 0.3 is 0 Å². The number of carbonyl (C=O) groups excluding carboxylic acids is 2. The SMILES string of the molecule is Cc1c(NC(=O)c2ccc(OCc3ccccc3)cc2)cccc1NC(=O)C1CC1. The van der Waals surface area contributed by atoms with E-state index in [1.807, 2.05) is 55.5 Å².